The Labute approximate surface area is 227 Å². The normalized spacial score (nSPS) is 23.7. The number of hydrogen-bond acceptors (Lipinski definition) is 8. The Bertz CT molecular complexity index is 1420. The monoisotopic (exact) mass is 556 g/mol. The number of hydrogen-bond donors (Lipinski definition) is 1. The fourth-order valence-electron chi connectivity index (χ4n) is 5.49. The van der Waals surface area contributed by atoms with Crippen molar-refractivity contribution < 1.29 is 32.2 Å². The van der Waals surface area contributed by atoms with Gasteiger partial charge in [-0.15, -0.1) is 0 Å². The number of fused-ring (bicyclic) bond motifs is 1. The van der Waals surface area contributed by atoms with Gasteiger partial charge in [-0.3, -0.25) is 19.6 Å². The zero-order valence-electron chi connectivity index (χ0n) is 21.4. The Morgan fingerprint density at radius 2 is 1.77 bits per heavy atom. The van der Waals surface area contributed by atoms with Crippen LogP contribution in [0.5, 0.6) is 11.6 Å². The maximum absolute atomic E-state index is 13.1. The van der Waals surface area contributed by atoms with Gasteiger partial charge in [0.1, 0.15) is 30.8 Å². The number of carbonyl (C=O) groups excluding carboxylic acids is 2. The maximum Gasteiger partial charge on any atom is 0.417 e. The Kier molecular flexibility index (Phi) is 6.90. The number of pyridine rings is 1. The number of benzene rings is 1. The summed E-state index contributed by atoms with van der Waals surface area (Å²) in [6.45, 7) is 1.42. The number of imide groups is 1. The summed E-state index contributed by atoms with van der Waals surface area (Å²) in [4.78, 5) is 40.4. The van der Waals surface area contributed by atoms with E-state index in [1.165, 1.54) is 6.33 Å². The highest BCUT2D eigenvalue weighted by molar-refractivity contribution is 6.12. The van der Waals surface area contributed by atoms with E-state index in [0.29, 0.717) is 43.3 Å². The summed E-state index contributed by atoms with van der Waals surface area (Å²) in [5.41, 5.74) is -0.329. The van der Waals surface area contributed by atoms with Crippen molar-refractivity contribution in [2.24, 2.45) is 0 Å². The fraction of sp³-hybridized carbons (Fsp3) is 0.444. The highest BCUT2D eigenvalue weighted by Crippen LogP contribution is 2.35. The van der Waals surface area contributed by atoms with Crippen LogP contribution in [0.15, 0.2) is 43.0 Å². The molecule has 1 unspecified atom stereocenters. The van der Waals surface area contributed by atoms with E-state index in [4.69, 9.17) is 9.47 Å². The SMILES string of the molecule is O=C1CN(c2cncc(C(F)(F)F)c2)C(=O)N1[C@H]1CC[C@H](Oc2ncnc3cc(OC4CCNC4)ccc23)CC1. The maximum atomic E-state index is 13.1. The number of alkyl halides is 3. The minimum Gasteiger partial charge on any atom is -0.489 e. The molecule has 6 rings (SSSR count). The van der Waals surface area contributed by atoms with Gasteiger partial charge in [-0.05, 0) is 56.8 Å². The van der Waals surface area contributed by atoms with E-state index in [9.17, 15) is 22.8 Å². The van der Waals surface area contributed by atoms with Crippen LogP contribution in [-0.4, -0.2) is 69.7 Å². The number of aromatic nitrogens is 3. The summed E-state index contributed by atoms with van der Waals surface area (Å²) in [6.07, 6.45) is 1.76. The molecule has 13 heteroatoms. The minimum atomic E-state index is -4.61. The van der Waals surface area contributed by atoms with E-state index in [2.05, 4.69) is 20.3 Å². The Morgan fingerprint density at radius 3 is 2.52 bits per heavy atom. The lowest BCUT2D eigenvalue weighted by molar-refractivity contribution is -0.137. The van der Waals surface area contributed by atoms with Gasteiger partial charge < -0.3 is 14.8 Å². The van der Waals surface area contributed by atoms with Crippen LogP contribution < -0.4 is 19.7 Å². The van der Waals surface area contributed by atoms with Crippen molar-refractivity contribution in [3.63, 3.8) is 0 Å². The van der Waals surface area contributed by atoms with Crippen molar-refractivity contribution in [2.75, 3.05) is 24.5 Å². The minimum absolute atomic E-state index is 0.0585. The molecular weight excluding hydrogens is 529 g/mol. The molecule has 0 radical (unpaired) electrons. The van der Waals surface area contributed by atoms with Crippen LogP contribution in [0.25, 0.3) is 10.9 Å². The van der Waals surface area contributed by atoms with Crippen molar-refractivity contribution in [2.45, 2.75) is 56.5 Å². The van der Waals surface area contributed by atoms with Crippen LogP contribution in [-0.2, 0) is 11.0 Å². The van der Waals surface area contributed by atoms with Gasteiger partial charge >= 0.3 is 12.2 Å². The lowest BCUT2D eigenvalue weighted by Crippen LogP contribution is -2.44. The summed E-state index contributed by atoms with van der Waals surface area (Å²) in [6, 6.07) is 5.46. The molecule has 1 aromatic carbocycles. The topological polar surface area (TPSA) is 110 Å². The van der Waals surface area contributed by atoms with E-state index in [1.54, 1.807) is 0 Å². The van der Waals surface area contributed by atoms with Crippen molar-refractivity contribution in [1.29, 1.82) is 0 Å². The number of ether oxygens (including phenoxy) is 2. The predicted octanol–water partition coefficient (Wildman–Crippen LogP) is 3.94. The first-order valence-electron chi connectivity index (χ1n) is 13.2. The number of carbonyl (C=O) groups is 2. The van der Waals surface area contributed by atoms with Gasteiger partial charge in [0.15, 0.2) is 0 Å². The number of amides is 3. The van der Waals surface area contributed by atoms with Gasteiger partial charge in [-0.1, -0.05) is 0 Å². The number of anilines is 1. The Balaban J connectivity index is 1.09. The van der Waals surface area contributed by atoms with Gasteiger partial charge in [0.25, 0.3) is 5.91 Å². The second-order valence-electron chi connectivity index (χ2n) is 10.2. The van der Waals surface area contributed by atoms with E-state index in [0.717, 1.165) is 52.7 Å². The van der Waals surface area contributed by atoms with E-state index in [1.807, 2.05) is 18.2 Å². The summed E-state index contributed by atoms with van der Waals surface area (Å²) in [5.74, 6) is 0.750. The van der Waals surface area contributed by atoms with Crippen molar-refractivity contribution in [1.82, 2.24) is 25.2 Å². The standard InChI is InChI=1S/C27H27F3N6O4/c28-27(29,30)16-9-18(12-32-11-16)35-14-24(37)36(26(35)38)17-1-3-19(4-2-17)40-25-22-6-5-20(10-23(22)33-15-34-25)39-21-7-8-31-13-21/h5-6,9-12,15,17,19,21,31H,1-4,7-8,13-14H2/t17-,19-,21?. The van der Waals surface area contributed by atoms with E-state index >= 15 is 0 Å². The summed E-state index contributed by atoms with van der Waals surface area (Å²) < 4.78 is 51.6. The van der Waals surface area contributed by atoms with Gasteiger partial charge in [0.2, 0.25) is 5.88 Å². The third-order valence-corrected chi connectivity index (χ3v) is 7.54. The van der Waals surface area contributed by atoms with E-state index in [-0.39, 0.29) is 30.5 Å². The smallest absolute Gasteiger partial charge is 0.417 e. The molecule has 4 heterocycles. The predicted molar refractivity (Wildman–Crippen MR) is 137 cm³/mol. The van der Waals surface area contributed by atoms with Gasteiger partial charge in [0, 0.05) is 24.8 Å². The molecule has 2 aliphatic heterocycles. The highest BCUT2D eigenvalue weighted by atomic mass is 19.4. The molecule has 0 bridgehead atoms. The second kappa shape index (κ2) is 10.5. The Hall–Kier alpha value is -4.00. The number of nitrogens with zero attached hydrogens (tertiary/aromatic N) is 5. The zero-order valence-corrected chi connectivity index (χ0v) is 21.4. The second-order valence-corrected chi connectivity index (χ2v) is 10.2. The largest absolute Gasteiger partial charge is 0.489 e. The average molecular weight is 557 g/mol. The molecule has 10 nitrogen and oxygen atoms in total. The summed E-state index contributed by atoms with van der Waals surface area (Å²) in [5, 5.41) is 4.03. The summed E-state index contributed by atoms with van der Waals surface area (Å²) in [7, 11) is 0. The Morgan fingerprint density at radius 1 is 0.950 bits per heavy atom. The molecule has 3 amide bonds. The first-order chi connectivity index (χ1) is 19.3. The summed E-state index contributed by atoms with van der Waals surface area (Å²) >= 11 is 0. The lowest BCUT2D eigenvalue weighted by Gasteiger charge is -2.33. The molecule has 2 saturated heterocycles. The third kappa shape index (κ3) is 5.25. The quantitative estimate of drug-likeness (QED) is 0.455. The zero-order chi connectivity index (χ0) is 27.9. The molecule has 3 fully saturated rings. The van der Waals surface area contributed by atoms with E-state index < -0.39 is 23.7 Å². The molecule has 1 aliphatic carbocycles. The average Bonchev–Trinajstić information content (AvgIpc) is 3.56. The molecule has 3 aliphatic rings. The molecule has 1 saturated carbocycles. The third-order valence-electron chi connectivity index (χ3n) is 7.54. The first-order valence-corrected chi connectivity index (χ1v) is 13.2. The van der Waals surface area contributed by atoms with Crippen LogP contribution in [0.2, 0.25) is 0 Å². The van der Waals surface area contributed by atoms with Crippen LogP contribution >= 0.6 is 0 Å². The number of halogens is 3. The van der Waals surface area contributed by atoms with Crippen LogP contribution in [0.3, 0.4) is 0 Å². The molecule has 210 valence electrons. The van der Waals surface area contributed by atoms with Crippen LogP contribution in [0.1, 0.15) is 37.7 Å². The molecule has 2 aromatic heterocycles. The molecular formula is C27H27F3N6O4. The first kappa shape index (κ1) is 26.2. The van der Waals surface area contributed by atoms with Crippen molar-refractivity contribution in [3.8, 4) is 11.6 Å². The number of urea groups is 1. The van der Waals surface area contributed by atoms with Gasteiger partial charge in [-0.25, -0.2) is 14.8 Å². The van der Waals surface area contributed by atoms with Crippen molar-refractivity contribution >= 4 is 28.5 Å². The molecule has 1 N–H and O–H groups in total. The number of rotatable bonds is 6. The van der Waals surface area contributed by atoms with Gasteiger partial charge in [0.05, 0.1) is 28.4 Å². The van der Waals surface area contributed by atoms with Gasteiger partial charge in [-0.2, -0.15) is 13.2 Å². The molecule has 0 spiro atoms. The lowest BCUT2D eigenvalue weighted by atomic mass is 9.92. The molecule has 1 atom stereocenters. The van der Waals surface area contributed by atoms with Crippen molar-refractivity contribution in [3.05, 3.63) is 48.5 Å². The highest BCUT2D eigenvalue weighted by Gasteiger charge is 2.43. The fourth-order valence-corrected chi connectivity index (χ4v) is 5.49. The van der Waals surface area contributed by atoms with Crippen LogP contribution in [0, 0.1) is 0 Å². The number of nitrogens with one attached hydrogen (secondary N) is 1. The van der Waals surface area contributed by atoms with Crippen LogP contribution in [0.4, 0.5) is 23.7 Å². The molecule has 3 aromatic rings. The molecule has 40 heavy (non-hydrogen) atoms.